The molecule has 1 atom stereocenters. The van der Waals surface area contributed by atoms with E-state index in [1.54, 1.807) is 6.20 Å². The van der Waals surface area contributed by atoms with Gasteiger partial charge >= 0.3 is 0 Å². The van der Waals surface area contributed by atoms with E-state index in [4.69, 9.17) is 0 Å². The van der Waals surface area contributed by atoms with Crippen LogP contribution >= 0.6 is 0 Å². The van der Waals surface area contributed by atoms with Crippen LogP contribution in [0.25, 0.3) is 0 Å². The summed E-state index contributed by atoms with van der Waals surface area (Å²) in [5.74, 6) is 0.899. The monoisotopic (exact) mass is 254 g/mol. The summed E-state index contributed by atoms with van der Waals surface area (Å²) < 4.78 is 1.93. The molecule has 0 radical (unpaired) electrons. The van der Waals surface area contributed by atoms with Crippen LogP contribution in [0.5, 0.6) is 0 Å². The standard InChI is InChI=1S/C16H18N2O/c1-2-18-10-9-17-16(18)15(19)14-8-7-12-5-3-4-6-13(12)11-14/h3-6,9-10,14H,2,7-8,11H2,1H3. The van der Waals surface area contributed by atoms with E-state index in [2.05, 4.69) is 29.2 Å². The Hall–Kier alpha value is -1.90. The predicted octanol–water partition coefficient (Wildman–Crippen LogP) is 2.89. The maximum atomic E-state index is 12.6. The third-order valence-corrected chi connectivity index (χ3v) is 3.99. The van der Waals surface area contributed by atoms with E-state index in [1.165, 1.54) is 11.1 Å². The van der Waals surface area contributed by atoms with Crippen molar-refractivity contribution in [3.8, 4) is 0 Å². The Morgan fingerprint density at radius 2 is 2.16 bits per heavy atom. The molecule has 3 rings (SSSR count). The van der Waals surface area contributed by atoms with Crippen LogP contribution in [0.15, 0.2) is 36.7 Å². The zero-order chi connectivity index (χ0) is 13.2. The highest BCUT2D eigenvalue weighted by molar-refractivity contribution is 5.95. The first-order valence-electron chi connectivity index (χ1n) is 6.91. The second kappa shape index (κ2) is 5.00. The van der Waals surface area contributed by atoms with Crippen LogP contribution in [-0.4, -0.2) is 15.3 Å². The van der Waals surface area contributed by atoms with Gasteiger partial charge < -0.3 is 4.57 Å². The van der Waals surface area contributed by atoms with Gasteiger partial charge in [-0.15, -0.1) is 0 Å². The first kappa shape index (κ1) is 12.2. The summed E-state index contributed by atoms with van der Waals surface area (Å²) in [5.41, 5.74) is 2.71. The number of aryl methyl sites for hydroxylation is 2. The van der Waals surface area contributed by atoms with Gasteiger partial charge in [-0.05, 0) is 37.3 Å². The number of fused-ring (bicyclic) bond motifs is 1. The van der Waals surface area contributed by atoms with Gasteiger partial charge in [0.1, 0.15) is 0 Å². The molecule has 98 valence electrons. The molecule has 0 amide bonds. The number of Topliss-reactive ketones (excluding diaryl/α,β-unsaturated/α-hetero) is 1. The van der Waals surface area contributed by atoms with Crippen LogP contribution in [0.2, 0.25) is 0 Å². The molecule has 2 aromatic rings. The second-order valence-corrected chi connectivity index (χ2v) is 5.11. The Morgan fingerprint density at radius 3 is 2.95 bits per heavy atom. The number of aromatic nitrogens is 2. The third-order valence-electron chi connectivity index (χ3n) is 3.99. The molecule has 1 heterocycles. The third kappa shape index (κ3) is 2.21. The molecule has 19 heavy (non-hydrogen) atoms. The lowest BCUT2D eigenvalue weighted by Gasteiger charge is -2.23. The quantitative estimate of drug-likeness (QED) is 0.789. The zero-order valence-electron chi connectivity index (χ0n) is 11.2. The summed E-state index contributed by atoms with van der Waals surface area (Å²) in [4.78, 5) is 16.8. The van der Waals surface area contributed by atoms with Gasteiger partial charge in [-0.3, -0.25) is 4.79 Å². The summed E-state index contributed by atoms with van der Waals surface area (Å²) in [6.45, 7) is 2.83. The van der Waals surface area contributed by atoms with Crippen molar-refractivity contribution in [2.24, 2.45) is 5.92 Å². The summed E-state index contributed by atoms with van der Waals surface area (Å²) in [7, 11) is 0. The Balaban J connectivity index is 1.83. The fourth-order valence-corrected chi connectivity index (χ4v) is 2.89. The molecule has 1 unspecified atom stereocenters. The van der Waals surface area contributed by atoms with Gasteiger partial charge in [-0.1, -0.05) is 24.3 Å². The molecule has 1 aliphatic carbocycles. The highest BCUT2D eigenvalue weighted by Gasteiger charge is 2.27. The van der Waals surface area contributed by atoms with E-state index < -0.39 is 0 Å². The second-order valence-electron chi connectivity index (χ2n) is 5.11. The Bertz CT molecular complexity index is 600. The summed E-state index contributed by atoms with van der Waals surface area (Å²) in [5, 5.41) is 0. The van der Waals surface area contributed by atoms with Gasteiger partial charge in [0.05, 0.1) is 0 Å². The van der Waals surface area contributed by atoms with E-state index in [9.17, 15) is 4.79 Å². The fraction of sp³-hybridized carbons (Fsp3) is 0.375. The van der Waals surface area contributed by atoms with E-state index in [0.29, 0.717) is 5.82 Å². The number of imidazole rings is 1. The van der Waals surface area contributed by atoms with Crippen molar-refractivity contribution < 1.29 is 4.79 Å². The number of hydrogen-bond donors (Lipinski definition) is 0. The van der Waals surface area contributed by atoms with Crippen LogP contribution < -0.4 is 0 Å². The first-order chi connectivity index (χ1) is 9.29. The van der Waals surface area contributed by atoms with Crippen LogP contribution in [0.1, 0.15) is 35.1 Å². The van der Waals surface area contributed by atoms with E-state index in [0.717, 1.165) is 25.8 Å². The lowest BCUT2D eigenvalue weighted by Crippen LogP contribution is -2.25. The van der Waals surface area contributed by atoms with Crippen molar-refractivity contribution in [1.82, 2.24) is 9.55 Å². The van der Waals surface area contributed by atoms with Crippen molar-refractivity contribution in [1.29, 1.82) is 0 Å². The van der Waals surface area contributed by atoms with Crippen molar-refractivity contribution in [3.05, 3.63) is 53.6 Å². The van der Waals surface area contributed by atoms with Crippen molar-refractivity contribution in [3.63, 3.8) is 0 Å². The maximum Gasteiger partial charge on any atom is 0.201 e. The normalized spacial score (nSPS) is 18.1. The number of carbonyl (C=O) groups is 1. The molecular weight excluding hydrogens is 236 g/mol. The number of rotatable bonds is 3. The smallest absolute Gasteiger partial charge is 0.201 e. The van der Waals surface area contributed by atoms with Crippen molar-refractivity contribution in [2.75, 3.05) is 0 Å². The topological polar surface area (TPSA) is 34.9 Å². The highest BCUT2D eigenvalue weighted by atomic mass is 16.1. The lowest BCUT2D eigenvalue weighted by molar-refractivity contribution is 0.0893. The van der Waals surface area contributed by atoms with Gasteiger partial charge in [-0.25, -0.2) is 4.98 Å². The minimum atomic E-state index is 0.0857. The van der Waals surface area contributed by atoms with Crippen LogP contribution in [0, 0.1) is 5.92 Å². The van der Waals surface area contributed by atoms with Crippen molar-refractivity contribution >= 4 is 5.78 Å². The van der Waals surface area contributed by atoms with Gasteiger partial charge in [0.15, 0.2) is 5.82 Å². The van der Waals surface area contributed by atoms with Crippen LogP contribution in [-0.2, 0) is 19.4 Å². The number of nitrogens with zero attached hydrogens (tertiary/aromatic N) is 2. The van der Waals surface area contributed by atoms with Gasteiger partial charge in [0.25, 0.3) is 0 Å². The molecule has 1 aromatic heterocycles. The molecule has 0 aliphatic heterocycles. The predicted molar refractivity (Wildman–Crippen MR) is 74.2 cm³/mol. The average Bonchev–Trinajstić information content (AvgIpc) is 2.94. The summed E-state index contributed by atoms with van der Waals surface area (Å²) in [6, 6.07) is 8.44. The molecule has 0 bridgehead atoms. The van der Waals surface area contributed by atoms with Gasteiger partial charge in [-0.2, -0.15) is 0 Å². The molecule has 0 spiro atoms. The SMILES string of the molecule is CCn1ccnc1C(=O)C1CCc2ccccc2C1. The van der Waals surface area contributed by atoms with Crippen LogP contribution in [0.3, 0.4) is 0 Å². The van der Waals surface area contributed by atoms with Crippen molar-refractivity contribution in [2.45, 2.75) is 32.7 Å². The van der Waals surface area contributed by atoms with Crippen LogP contribution in [0.4, 0.5) is 0 Å². The molecule has 0 saturated heterocycles. The first-order valence-corrected chi connectivity index (χ1v) is 6.91. The lowest BCUT2D eigenvalue weighted by atomic mass is 9.81. The van der Waals surface area contributed by atoms with E-state index >= 15 is 0 Å². The Labute approximate surface area is 113 Å². The van der Waals surface area contributed by atoms with E-state index in [1.807, 2.05) is 17.7 Å². The largest absolute Gasteiger partial charge is 0.329 e. The molecule has 1 aliphatic rings. The van der Waals surface area contributed by atoms with Gasteiger partial charge in [0, 0.05) is 24.9 Å². The maximum absolute atomic E-state index is 12.6. The molecule has 3 nitrogen and oxygen atoms in total. The Morgan fingerprint density at radius 1 is 1.37 bits per heavy atom. The average molecular weight is 254 g/mol. The number of hydrogen-bond acceptors (Lipinski definition) is 2. The summed E-state index contributed by atoms with van der Waals surface area (Å²) >= 11 is 0. The number of benzene rings is 1. The van der Waals surface area contributed by atoms with Gasteiger partial charge in [0.2, 0.25) is 5.78 Å². The highest BCUT2D eigenvalue weighted by Crippen LogP contribution is 2.27. The van der Waals surface area contributed by atoms with E-state index in [-0.39, 0.29) is 11.7 Å². The Kier molecular flexibility index (Phi) is 3.20. The number of ketones is 1. The molecule has 1 aromatic carbocycles. The molecule has 0 saturated carbocycles. The minimum absolute atomic E-state index is 0.0857. The molecule has 3 heteroatoms. The molecule has 0 fully saturated rings. The summed E-state index contributed by atoms with van der Waals surface area (Å²) in [6.07, 6.45) is 6.38. The molecular formula is C16H18N2O. The molecule has 0 N–H and O–H groups in total. The minimum Gasteiger partial charge on any atom is -0.329 e. The zero-order valence-corrected chi connectivity index (χ0v) is 11.2. The number of carbonyl (C=O) groups excluding carboxylic acids is 1. The fourth-order valence-electron chi connectivity index (χ4n) is 2.89.